The van der Waals surface area contributed by atoms with Gasteiger partial charge in [-0.05, 0) is 36.0 Å². The molecule has 1 rings (SSSR count). The zero-order valence-electron chi connectivity index (χ0n) is 11.2. The summed E-state index contributed by atoms with van der Waals surface area (Å²) >= 11 is 0. The second-order valence-electron chi connectivity index (χ2n) is 4.96. The van der Waals surface area contributed by atoms with Crippen molar-refractivity contribution in [1.29, 1.82) is 0 Å². The number of hydrogen-bond donors (Lipinski definition) is 0. The third kappa shape index (κ3) is 3.32. The summed E-state index contributed by atoms with van der Waals surface area (Å²) in [6.45, 7) is 6.60. The lowest BCUT2D eigenvalue weighted by Crippen LogP contribution is -2.20. The van der Waals surface area contributed by atoms with Gasteiger partial charge in [-0.15, -0.1) is 0 Å². The van der Waals surface area contributed by atoms with Crippen molar-refractivity contribution in [3.05, 3.63) is 29.8 Å². The molecule has 0 saturated heterocycles. The maximum atomic E-state index is 11.4. The summed E-state index contributed by atoms with van der Waals surface area (Å²) in [5.74, 6) is 0. The molecule has 0 bridgehead atoms. The Hall–Kier alpha value is -0.830. The highest BCUT2D eigenvalue weighted by atomic mass is 32.2. The minimum Gasteiger partial charge on any atom is -0.224 e. The summed E-state index contributed by atoms with van der Waals surface area (Å²) in [6, 6.07) is 7.34. The van der Waals surface area contributed by atoms with Crippen molar-refractivity contribution < 1.29 is 8.42 Å². The molecule has 0 N–H and O–H groups in total. The summed E-state index contributed by atoms with van der Waals surface area (Å²) < 4.78 is 22.8. The molecule has 0 aromatic heterocycles. The van der Waals surface area contributed by atoms with Gasteiger partial charge in [0, 0.05) is 6.26 Å². The van der Waals surface area contributed by atoms with Gasteiger partial charge in [-0.2, -0.15) is 0 Å². The third-order valence-electron chi connectivity index (χ3n) is 3.56. The Labute approximate surface area is 105 Å². The van der Waals surface area contributed by atoms with Crippen molar-refractivity contribution >= 4 is 9.84 Å². The van der Waals surface area contributed by atoms with E-state index < -0.39 is 9.84 Å². The van der Waals surface area contributed by atoms with E-state index in [9.17, 15) is 8.42 Å². The third-order valence-corrected chi connectivity index (χ3v) is 4.69. The van der Waals surface area contributed by atoms with E-state index in [1.807, 2.05) is 12.1 Å². The number of hydrogen-bond acceptors (Lipinski definition) is 2. The summed E-state index contributed by atoms with van der Waals surface area (Å²) in [5.41, 5.74) is 1.39. The lowest BCUT2D eigenvalue weighted by Gasteiger charge is -2.28. The van der Waals surface area contributed by atoms with Crippen LogP contribution in [0.2, 0.25) is 0 Å². The van der Waals surface area contributed by atoms with Gasteiger partial charge >= 0.3 is 0 Å². The van der Waals surface area contributed by atoms with E-state index in [0.29, 0.717) is 4.90 Å². The first-order valence-electron chi connectivity index (χ1n) is 6.14. The van der Waals surface area contributed by atoms with Crippen LogP contribution in [0.4, 0.5) is 0 Å². The molecule has 0 radical (unpaired) electrons. The van der Waals surface area contributed by atoms with Crippen LogP contribution in [-0.2, 0) is 15.3 Å². The monoisotopic (exact) mass is 254 g/mol. The smallest absolute Gasteiger partial charge is 0.175 e. The van der Waals surface area contributed by atoms with Crippen LogP contribution in [0.5, 0.6) is 0 Å². The van der Waals surface area contributed by atoms with Crippen molar-refractivity contribution in [2.75, 3.05) is 6.26 Å². The molecule has 1 atom stereocenters. The van der Waals surface area contributed by atoms with Gasteiger partial charge in [0.05, 0.1) is 4.90 Å². The van der Waals surface area contributed by atoms with Gasteiger partial charge < -0.3 is 0 Å². The van der Waals surface area contributed by atoms with Crippen LogP contribution in [0.25, 0.3) is 0 Å². The zero-order chi connectivity index (χ0) is 13.1. The normalized spacial score (nSPS) is 15.5. The van der Waals surface area contributed by atoms with Gasteiger partial charge in [0.25, 0.3) is 0 Å². The van der Waals surface area contributed by atoms with Crippen LogP contribution in [0.3, 0.4) is 0 Å². The van der Waals surface area contributed by atoms with Crippen molar-refractivity contribution in [3.63, 3.8) is 0 Å². The Morgan fingerprint density at radius 3 is 2.00 bits per heavy atom. The molecule has 1 aromatic carbocycles. The molecule has 0 spiro atoms. The van der Waals surface area contributed by atoms with E-state index in [0.717, 1.165) is 19.3 Å². The molecular formula is C14H22O2S. The molecule has 0 aliphatic heterocycles. The van der Waals surface area contributed by atoms with E-state index in [1.54, 1.807) is 12.1 Å². The largest absolute Gasteiger partial charge is 0.224 e. The average Bonchev–Trinajstić information content (AvgIpc) is 2.28. The molecule has 0 fully saturated rings. The first kappa shape index (κ1) is 14.2. The molecule has 3 heteroatoms. The molecule has 0 amide bonds. The standard InChI is InChI=1S/C14H22O2S/c1-5-11-14(3,6-2)12-7-9-13(10-8-12)17(4,15)16/h7-10H,5-6,11H2,1-4H3. The first-order chi connectivity index (χ1) is 7.83. The maximum absolute atomic E-state index is 11.4. The van der Waals surface area contributed by atoms with Gasteiger partial charge in [0.1, 0.15) is 0 Å². The fourth-order valence-corrected chi connectivity index (χ4v) is 2.81. The Kier molecular flexibility index (Phi) is 4.36. The molecule has 0 aliphatic rings. The predicted octanol–water partition coefficient (Wildman–Crippen LogP) is 3.56. The molecule has 96 valence electrons. The maximum Gasteiger partial charge on any atom is 0.175 e. The van der Waals surface area contributed by atoms with Crippen molar-refractivity contribution in [3.8, 4) is 0 Å². The van der Waals surface area contributed by atoms with Crippen molar-refractivity contribution in [2.45, 2.75) is 50.3 Å². The van der Waals surface area contributed by atoms with Gasteiger partial charge in [0.2, 0.25) is 0 Å². The summed E-state index contributed by atoms with van der Waals surface area (Å²) in [4.78, 5) is 0.399. The molecule has 0 saturated carbocycles. The Morgan fingerprint density at radius 1 is 1.12 bits per heavy atom. The van der Waals surface area contributed by atoms with Crippen LogP contribution in [-0.4, -0.2) is 14.7 Å². The minimum absolute atomic E-state index is 0.158. The molecule has 0 heterocycles. The lowest BCUT2D eigenvalue weighted by molar-refractivity contribution is 0.413. The average molecular weight is 254 g/mol. The van der Waals surface area contributed by atoms with Crippen molar-refractivity contribution in [2.24, 2.45) is 0 Å². The van der Waals surface area contributed by atoms with E-state index in [-0.39, 0.29) is 5.41 Å². The van der Waals surface area contributed by atoms with Gasteiger partial charge in [-0.3, -0.25) is 0 Å². The van der Waals surface area contributed by atoms with Gasteiger partial charge in [-0.25, -0.2) is 8.42 Å². The molecule has 1 unspecified atom stereocenters. The molecule has 1 aromatic rings. The Bertz CT molecular complexity index is 460. The van der Waals surface area contributed by atoms with Crippen LogP contribution < -0.4 is 0 Å². The SMILES string of the molecule is CCCC(C)(CC)c1ccc(S(C)(=O)=O)cc1. The fourth-order valence-electron chi connectivity index (χ4n) is 2.18. The van der Waals surface area contributed by atoms with E-state index in [1.165, 1.54) is 11.8 Å². The van der Waals surface area contributed by atoms with Gasteiger partial charge in [-0.1, -0.05) is 39.3 Å². The highest BCUT2D eigenvalue weighted by molar-refractivity contribution is 7.90. The first-order valence-corrected chi connectivity index (χ1v) is 8.03. The second kappa shape index (κ2) is 5.21. The van der Waals surface area contributed by atoms with E-state index in [4.69, 9.17) is 0 Å². The topological polar surface area (TPSA) is 34.1 Å². The molecular weight excluding hydrogens is 232 g/mol. The molecule has 2 nitrogen and oxygen atoms in total. The highest BCUT2D eigenvalue weighted by Crippen LogP contribution is 2.32. The number of benzene rings is 1. The summed E-state index contributed by atoms with van der Waals surface area (Å²) in [5, 5.41) is 0. The quantitative estimate of drug-likeness (QED) is 0.805. The van der Waals surface area contributed by atoms with Gasteiger partial charge in [0.15, 0.2) is 9.84 Å². The molecule has 0 aliphatic carbocycles. The second-order valence-corrected chi connectivity index (χ2v) is 6.98. The predicted molar refractivity (Wildman–Crippen MR) is 72.1 cm³/mol. The van der Waals surface area contributed by atoms with Crippen LogP contribution >= 0.6 is 0 Å². The van der Waals surface area contributed by atoms with Crippen molar-refractivity contribution in [1.82, 2.24) is 0 Å². The van der Waals surface area contributed by atoms with Crippen LogP contribution in [0.15, 0.2) is 29.2 Å². The number of rotatable bonds is 5. The fraction of sp³-hybridized carbons (Fsp3) is 0.571. The zero-order valence-corrected chi connectivity index (χ0v) is 12.0. The number of sulfone groups is 1. The molecule has 17 heavy (non-hydrogen) atoms. The minimum atomic E-state index is -3.08. The van der Waals surface area contributed by atoms with Crippen LogP contribution in [0.1, 0.15) is 45.6 Å². The summed E-state index contributed by atoms with van der Waals surface area (Å²) in [6.07, 6.45) is 4.58. The van der Waals surface area contributed by atoms with E-state index in [2.05, 4.69) is 20.8 Å². The Balaban J connectivity index is 3.09. The van der Waals surface area contributed by atoms with E-state index >= 15 is 0 Å². The highest BCUT2D eigenvalue weighted by Gasteiger charge is 2.23. The lowest BCUT2D eigenvalue weighted by atomic mass is 9.77. The van der Waals surface area contributed by atoms with Crippen LogP contribution in [0, 0.1) is 0 Å². The Morgan fingerprint density at radius 2 is 1.65 bits per heavy atom. The summed E-state index contributed by atoms with van der Waals surface area (Å²) in [7, 11) is -3.08.